The molecule has 3 rings (SSSR count). The molecule has 1 N–H and O–H groups in total. The maximum atomic E-state index is 13.8. The Morgan fingerprint density at radius 1 is 1.14 bits per heavy atom. The van der Waals surface area contributed by atoms with Crippen LogP contribution in [0.4, 0.5) is 4.39 Å². The van der Waals surface area contributed by atoms with Gasteiger partial charge in [0, 0.05) is 12.4 Å². The lowest BCUT2D eigenvalue weighted by Gasteiger charge is -2.08. The highest BCUT2D eigenvalue weighted by atomic mass is 32.2. The molecule has 0 fully saturated rings. The average Bonchev–Trinajstić information content (AvgIpc) is 3.16. The lowest BCUT2D eigenvalue weighted by Crippen LogP contribution is -2.24. The van der Waals surface area contributed by atoms with Crippen LogP contribution < -0.4 is 5.32 Å². The average molecular weight is 403 g/mol. The van der Waals surface area contributed by atoms with E-state index in [1.54, 1.807) is 13.1 Å². The van der Waals surface area contributed by atoms with Gasteiger partial charge in [-0.05, 0) is 50.1 Å². The largest absolute Gasteiger partial charge is 0.345 e. The summed E-state index contributed by atoms with van der Waals surface area (Å²) in [5.74, 6) is -1.01. The first-order chi connectivity index (χ1) is 13.2. The van der Waals surface area contributed by atoms with Gasteiger partial charge < -0.3 is 5.32 Å². The van der Waals surface area contributed by atoms with Gasteiger partial charge >= 0.3 is 0 Å². The Bertz CT molecular complexity index is 1120. The first-order valence-corrected chi connectivity index (χ1v) is 9.76. The molecule has 0 saturated heterocycles. The molecule has 1 amide bonds. The molecular weight excluding hydrogens is 385 g/mol. The fourth-order valence-corrected chi connectivity index (χ4v) is 3.78. The summed E-state index contributed by atoms with van der Waals surface area (Å²) in [7, 11) is -4.05. The zero-order valence-electron chi connectivity index (χ0n) is 15.5. The number of amides is 1. The van der Waals surface area contributed by atoms with Crippen molar-refractivity contribution in [3.05, 3.63) is 70.8 Å². The van der Waals surface area contributed by atoms with Crippen LogP contribution in [0.5, 0.6) is 0 Å². The van der Waals surface area contributed by atoms with Gasteiger partial charge in [0.25, 0.3) is 15.9 Å². The SMILES string of the molecule is Cc1cnc(CNC(=O)c2ccn(S(=O)(=O)c3cc(C)c(F)c(C)c3)n2)cn1. The van der Waals surface area contributed by atoms with E-state index in [2.05, 4.69) is 20.4 Å². The quantitative estimate of drug-likeness (QED) is 0.697. The molecule has 8 nitrogen and oxygen atoms in total. The van der Waals surface area contributed by atoms with Crippen molar-refractivity contribution in [1.82, 2.24) is 24.5 Å². The van der Waals surface area contributed by atoms with E-state index in [4.69, 9.17) is 0 Å². The highest BCUT2D eigenvalue weighted by Crippen LogP contribution is 2.20. The predicted molar refractivity (Wildman–Crippen MR) is 98.6 cm³/mol. The van der Waals surface area contributed by atoms with Crippen molar-refractivity contribution in [2.45, 2.75) is 32.2 Å². The van der Waals surface area contributed by atoms with Crippen molar-refractivity contribution in [1.29, 1.82) is 0 Å². The maximum absolute atomic E-state index is 13.8. The number of hydrogen-bond acceptors (Lipinski definition) is 6. The van der Waals surface area contributed by atoms with Gasteiger partial charge in [0.2, 0.25) is 0 Å². The van der Waals surface area contributed by atoms with Gasteiger partial charge in [0.1, 0.15) is 5.82 Å². The molecule has 0 atom stereocenters. The normalized spacial score (nSPS) is 11.4. The molecule has 3 aromatic rings. The minimum Gasteiger partial charge on any atom is -0.345 e. The van der Waals surface area contributed by atoms with Crippen molar-refractivity contribution in [2.75, 3.05) is 0 Å². The molecule has 2 aromatic heterocycles. The van der Waals surface area contributed by atoms with E-state index < -0.39 is 21.7 Å². The van der Waals surface area contributed by atoms with E-state index >= 15 is 0 Å². The van der Waals surface area contributed by atoms with Crippen LogP contribution in [-0.2, 0) is 16.6 Å². The molecule has 0 radical (unpaired) electrons. The molecule has 2 heterocycles. The zero-order valence-corrected chi connectivity index (χ0v) is 16.3. The molecule has 0 saturated carbocycles. The lowest BCUT2D eigenvalue weighted by atomic mass is 10.1. The number of aromatic nitrogens is 4. The summed E-state index contributed by atoms with van der Waals surface area (Å²) < 4.78 is 39.9. The predicted octanol–water partition coefficient (Wildman–Crippen LogP) is 1.90. The summed E-state index contributed by atoms with van der Waals surface area (Å²) in [5.41, 5.74) is 1.67. The minimum atomic E-state index is -4.05. The van der Waals surface area contributed by atoms with Crippen molar-refractivity contribution in [2.24, 2.45) is 0 Å². The van der Waals surface area contributed by atoms with Crippen LogP contribution in [0.3, 0.4) is 0 Å². The Labute approximate surface area is 161 Å². The number of hydrogen-bond donors (Lipinski definition) is 1. The second-order valence-corrected chi connectivity index (χ2v) is 8.08. The summed E-state index contributed by atoms with van der Waals surface area (Å²) in [6, 6.07) is 3.75. The Morgan fingerprint density at radius 2 is 1.82 bits per heavy atom. The van der Waals surface area contributed by atoms with Gasteiger partial charge in [-0.2, -0.15) is 17.6 Å². The third-order valence-electron chi connectivity index (χ3n) is 4.02. The van der Waals surface area contributed by atoms with Crippen molar-refractivity contribution >= 4 is 15.9 Å². The molecule has 10 heteroatoms. The van der Waals surface area contributed by atoms with E-state index in [0.29, 0.717) is 9.78 Å². The number of nitrogens with zero attached hydrogens (tertiary/aromatic N) is 4. The first kappa shape index (κ1) is 19.6. The monoisotopic (exact) mass is 403 g/mol. The van der Waals surface area contributed by atoms with Crippen LogP contribution in [0.1, 0.15) is 33.0 Å². The number of carbonyl (C=O) groups excluding carboxylic acids is 1. The summed E-state index contributed by atoms with van der Waals surface area (Å²) >= 11 is 0. The van der Waals surface area contributed by atoms with Crippen LogP contribution in [0, 0.1) is 26.6 Å². The van der Waals surface area contributed by atoms with E-state index in [1.165, 1.54) is 44.4 Å². The number of carbonyl (C=O) groups is 1. The first-order valence-electron chi connectivity index (χ1n) is 8.32. The third kappa shape index (κ3) is 3.91. The van der Waals surface area contributed by atoms with Crippen molar-refractivity contribution in [3.63, 3.8) is 0 Å². The van der Waals surface area contributed by atoms with Crippen LogP contribution in [-0.4, -0.2) is 33.5 Å². The van der Waals surface area contributed by atoms with Crippen LogP contribution >= 0.6 is 0 Å². The summed E-state index contributed by atoms with van der Waals surface area (Å²) in [6.07, 6.45) is 4.29. The second kappa shape index (κ2) is 7.47. The Balaban J connectivity index is 1.79. The Kier molecular flexibility index (Phi) is 5.23. The van der Waals surface area contributed by atoms with Gasteiger partial charge in [-0.1, -0.05) is 0 Å². The van der Waals surface area contributed by atoms with E-state index in [-0.39, 0.29) is 28.3 Å². The molecule has 0 aliphatic carbocycles. The Morgan fingerprint density at radius 3 is 2.43 bits per heavy atom. The summed E-state index contributed by atoms with van der Waals surface area (Å²) in [6.45, 7) is 4.89. The molecule has 0 spiro atoms. The van der Waals surface area contributed by atoms with Gasteiger partial charge in [-0.15, -0.1) is 0 Å². The third-order valence-corrected chi connectivity index (χ3v) is 5.54. The van der Waals surface area contributed by atoms with Gasteiger partial charge in [-0.25, -0.2) is 4.39 Å². The standard InChI is InChI=1S/C18H18FN5O3S/c1-11-6-15(7-12(2)17(11)19)28(26,27)24-5-4-16(23-24)18(25)22-10-14-9-20-13(3)8-21-14/h4-9H,10H2,1-3H3,(H,22,25). The van der Waals surface area contributed by atoms with Crippen LogP contribution in [0.2, 0.25) is 0 Å². The van der Waals surface area contributed by atoms with Crippen LogP contribution in [0.15, 0.2) is 41.7 Å². The number of halogens is 1. The minimum absolute atomic E-state index is 0.0702. The highest BCUT2D eigenvalue weighted by Gasteiger charge is 2.22. The van der Waals surface area contributed by atoms with Gasteiger partial charge in [0.05, 0.1) is 29.0 Å². The highest BCUT2D eigenvalue weighted by molar-refractivity contribution is 7.89. The number of nitrogens with one attached hydrogen (secondary N) is 1. The summed E-state index contributed by atoms with van der Waals surface area (Å²) in [4.78, 5) is 20.3. The molecule has 0 bridgehead atoms. The van der Waals surface area contributed by atoms with Gasteiger partial charge in [0.15, 0.2) is 5.69 Å². The zero-order chi connectivity index (χ0) is 20.5. The molecule has 0 aliphatic rings. The number of aryl methyl sites for hydroxylation is 3. The summed E-state index contributed by atoms with van der Waals surface area (Å²) in [5, 5.41) is 6.46. The molecule has 146 valence electrons. The molecule has 28 heavy (non-hydrogen) atoms. The van der Waals surface area contributed by atoms with Crippen molar-refractivity contribution < 1.29 is 17.6 Å². The van der Waals surface area contributed by atoms with Crippen molar-refractivity contribution in [3.8, 4) is 0 Å². The molecule has 0 aliphatic heterocycles. The molecule has 1 aromatic carbocycles. The topological polar surface area (TPSA) is 107 Å². The lowest BCUT2D eigenvalue weighted by molar-refractivity contribution is 0.0945. The van der Waals surface area contributed by atoms with E-state index in [1.807, 2.05) is 0 Å². The fraction of sp³-hybridized carbons (Fsp3) is 0.222. The maximum Gasteiger partial charge on any atom is 0.282 e. The Hall–Kier alpha value is -3.14. The fourth-order valence-electron chi connectivity index (χ4n) is 2.50. The second-order valence-electron chi connectivity index (χ2n) is 6.28. The van der Waals surface area contributed by atoms with Crippen LogP contribution in [0.25, 0.3) is 0 Å². The number of rotatable bonds is 5. The molecular formula is C18H18FN5O3S. The van der Waals surface area contributed by atoms with E-state index in [0.717, 1.165) is 5.69 Å². The molecule has 0 unspecified atom stereocenters. The van der Waals surface area contributed by atoms with E-state index in [9.17, 15) is 17.6 Å². The smallest absolute Gasteiger partial charge is 0.282 e. The van der Waals surface area contributed by atoms with Gasteiger partial charge in [-0.3, -0.25) is 14.8 Å². The number of benzene rings is 1.